The van der Waals surface area contributed by atoms with E-state index in [0.29, 0.717) is 19.4 Å². The van der Waals surface area contributed by atoms with E-state index in [1.807, 2.05) is 49.4 Å². The Kier molecular flexibility index (Phi) is 5.03. The highest BCUT2D eigenvalue weighted by atomic mass is 16.5. The smallest absolute Gasteiger partial charge is 0.264 e. The Balaban J connectivity index is 1.55. The molecule has 5 nitrogen and oxygen atoms in total. The Morgan fingerprint density at radius 3 is 2.84 bits per heavy atom. The van der Waals surface area contributed by atoms with Gasteiger partial charge in [-0.05, 0) is 42.2 Å². The number of rotatable bonds is 5. The molecule has 0 spiro atoms. The van der Waals surface area contributed by atoms with Gasteiger partial charge in [-0.1, -0.05) is 30.3 Å². The molecule has 0 radical (unpaired) electrons. The summed E-state index contributed by atoms with van der Waals surface area (Å²) in [7, 11) is 1.75. The standard InChI is InChI=1S/C20H22N2O3/c1-14-5-3-4-6-16(14)12-19(23)21-10-9-15-7-8-18-17(11-15)22(2)20(24)13-25-18/h3-8,11H,9-10,12-13H2,1-2H3,(H,21,23). The third-order valence-electron chi connectivity index (χ3n) is 4.46. The number of hydrogen-bond donors (Lipinski definition) is 1. The zero-order valence-electron chi connectivity index (χ0n) is 14.5. The van der Waals surface area contributed by atoms with Gasteiger partial charge in [-0.15, -0.1) is 0 Å². The van der Waals surface area contributed by atoms with E-state index in [0.717, 1.165) is 28.1 Å². The number of amides is 2. The SMILES string of the molecule is Cc1ccccc1CC(=O)NCCc1ccc2c(c1)N(C)C(=O)CO2. The van der Waals surface area contributed by atoms with Crippen LogP contribution in [0.15, 0.2) is 42.5 Å². The van der Waals surface area contributed by atoms with Crippen LogP contribution in [0.1, 0.15) is 16.7 Å². The quantitative estimate of drug-likeness (QED) is 0.910. The molecule has 0 unspecified atom stereocenters. The second kappa shape index (κ2) is 7.38. The fraction of sp³-hybridized carbons (Fsp3) is 0.300. The normalized spacial score (nSPS) is 13.2. The number of hydrogen-bond acceptors (Lipinski definition) is 3. The van der Waals surface area contributed by atoms with Crippen LogP contribution in [0, 0.1) is 6.92 Å². The lowest BCUT2D eigenvalue weighted by atomic mass is 10.1. The van der Waals surface area contributed by atoms with Crippen LogP contribution in [0.4, 0.5) is 5.69 Å². The van der Waals surface area contributed by atoms with Crippen molar-refractivity contribution in [3.05, 3.63) is 59.2 Å². The predicted octanol–water partition coefficient (Wildman–Crippen LogP) is 2.25. The Morgan fingerprint density at radius 2 is 2.04 bits per heavy atom. The largest absolute Gasteiger partial charge is 0.482 e. The van der Waals surface area contributed by atoms with Gasteiger partial charge in [0.15, 0.2) is 6.61 Å². The predicted molar refractivity (Wildman–Crippen MR) is 96.9 cm³/mol. The first kappa shape index (κ1) is 17.0. The minimum atomic E-state index is -0.0591. The van der Waals surface area contributed by atoms with Gasteiger partial charge in [0.2, 0.25) is 5.91 Å². The van der Waals surface area contributed by atoms with Crippen LogP contribution < -0.4 is 15.0 Å². The van der Waals surface area contributed by atoms with Gasteiger partial charge in [-0.2, -0.15) is 0 Å². The van der Waals surface area contributed by atoms with Crippen molar-refractivity contribution in [3.63, 3.8) is 0 Å². The van der Waals surface area contributed by atoms with E-state index in [2.05, 4.69) is 5.32 Å². The number of carbonyl (C=O) groups is 2. The fourth-order valence-corrected chi connectivity index (χ4v) is 2.86. The molecule has 0 atom stereocenters. The van der Waals surface area contributed by atoms with Crippen molar-refractivity contribution in [2.75, 3.05) is 25.1 Å². The van der Waals surface area contributed by atoms with Gasteiger partial charge in [0, 0.05) is 13.6 Å². The molecule has 0 bridgehead atoms. The zero-order chi connectivity index (χ0) is 17.8. The van der Waals surface area contributed by atoms with Crippen LogP contribution in [0.3, 0.4) is 0 Å². The van der Waals surface area contributed by atoms with Crippen molar-refractivity contribution in [1.29, 1.82) is 0 Å². The van der Waals surface area contributed by atoms with Crippen molar-refractivity contribution in [1.82, 2.24) is 5.32 Å². The van der Waals surface area contributed by atoms with E-state index in [1.165, 1.54) is 0 Å². The molecular formula is C20H22N2O3. The Morgan fingerprint density at radius 1 is 1.24 bits per heavy atom. The summed E-state index contributed by atoms with van der Waals surface area (Å²) >= 11 is 0. The summed E-state index contributed by atoms with van der Waals surface area (Å²) in [6, 6.07) is 13.7. The lowest BCUT2D eigenvalue weighted by Crippen LogP contribution is -2.35. The van der Waals surface area contributed by atoms with Gasteiger partial charge in [-0.25, -0.2) is 0 Å². The molecule has 5 heteroatoms. The summed E-state index contributed by atoms with van der Waals surface area (Å²) in [4.78, 5) is 25.4. The van der Waals surface area contributed by atoms with Crippen molar-refractivity contribution >= 4 is 17.5 Å². The fourth-order valence-electron chi connectivity index (χ4n) is 2.86. The zero-order valence-corrected chi connectivity index (χ0v) is 14.5. The van der Waals surface area contributed by atoms with Crippen LogP contribution in [0.25, 0.3) is 0 Å². The number of fused-ring (bicyclic) bond motifs is 1. The number of nitrogens with zero attached hydrogens (tertiary/aromatic N) is 1. The molecule has 0 saturated carbocycles. The number of benzene rings is 2. The van der Waals surface area contributed by atoms with Gasteiger partial charge < -0.3 is 15.0 Å². The Labute approximate surface area is 147 Å². The number of anilines is 1. The van der Waals surface area contributed by atoms with Crippen LogP contribution in [-0.2, 0) is 22.4 Å². The summed E-state index contributed by atoms with van der Waals surface area (Å²) in [5.74, 6) is 0.675. The van der Waals surface area contributed by atoms with E-state index in [-0.39, 0.29) is 18.4 Å². The van der Waals surface area contributed by atoms with Gasteiger partial charge >= 0.3 is 0 Å². The van der Waals surface area contributed by atoms with Crippen LogP contribution >= 0.6 is 0 Å². The average Bonchev–Trinajstić information content (AvgIpc) is 2.60. The molecule has 3 rings (SSSR count). The number of aryl methyl sites for hydroxylation is 1. The summed E-state index contributed by atoms with van der Waals surface area (Å²) < 4.78 is 5.42. The third-order valence-corrected chi connectivity index (χ3v) is 4.46. The molecule has 2 amide bonds. The maximum absolute atomic E-state index is 12.1. The van der Waals surface area contributed by atoms with E-state index >= 15 is 0 Å². The van der Waals surface area contributed by atoms with Crippen molar-refractivity contribution in [2.45, 2.75) is 19.8 Å². The number of nitrogens with one attached hydrogen (secondary N) is 1. The number of likely N-dealkylation sites (N-methyl/N-ethyl adjacent to an activating group) is 1. The summed E-state index contributed by atoms with van der Waals surface area (Å²) in [6.45, 7) is 2.65. The molecule has 1 N–H and O–H groups in total. The molecular weight excluding hydrogens is 316 g/mol. The van der Waals surface area contributed by atoms with E-state index in [1.54, 1.807) is 11.9 Å². The molecule has 2 aromatic rings. The molecule has 0 aliphatic carbocycles. The number of ether oxygens (including phenoxy) is 1. The average molecular weight is 338 g/mol. The Hall–Kier alpha value is -2.82. The highest BCUT2D eigenvalue weighted by Crippen LogP contribution is 2.31. The minimum Gasteiger partial charge on any atom is -0.482 e. The van der Waals surface area contributed by atoms with Crippen LogP contribution in [0.2, 0.25) is 0 Å². The second-order valence-electron chi connectivity index (χ2n) is 6.25. The third kappa shape index (κ3) is 3.99. The van der Waals surface area contributed by atoms with Gasteiger partial charge in [0.05, 0.1) is 12.1 Å². The molecule has 0 aromatic heterocycles. The molecule has 0 fully saturated rings. The maximum Gasteiger partial charge on any atom is 0.264 e. The first-order valence-electron chi connectivity index (χ1n) is 8.38. The number of carbonyl (C=O) groups excluding carboxylic acids is 2. The molecule has 130 valence electrons. The lowest BCUT2D eigenvalue weighted by molar-refractivity contribution is -0.121. The molecule has 1 aliphatic rings. The van der Waals surface area contributed by atoms with Crippen molar-refractivity contribution in [3.8, 4) is 5.75 Å². The molecule has 2 aromatic carbocycles. The Bertz CT molecular complexity index is 801. The highest BCUT2D eigenvalue weighted by Gasteiger charge is 2.22. The van der Waals surface area contributed by atoms with Crippen molar-refractivity contribution < 1.29 is 14.3 Å². The lowest BCUT2D eigenvalue weighted by Gasteiger charge is -2.26. The molecule has 1 heterocycles. The maximum atomic E-state index is 12.1. The summed E-state index contributed by atoms with van der Waals surface area (Å²) in [5, 5.41) is 2.96. The minimum absolute atomic E-state index is 0.0166. The first-order chi connectivity index (χ1) is 12.0. The first-order valence-corrected chi connectivity index (χ1v) is 8.38. The van der Waals surface area contributed by atoms with Gasteiger partial charge in [-0.3, -0.25) is 9.59 Å². The summed E-state index contributed by atoms with van der Waals surface area (Å²) in [6.07, 6.45) is 1.09. The van der Waals surface area contributed by atoms with E-state index in [9.17, 15) is 9.59 Å². The molecule has 1 aliphatic heterocycles. The molecule has 25 heavy (non-hydrogen) atoms. The van der Waals surface area contributed by atoms with Crippen LogP contribution in [-0.4, -0.2) is 32.0 Å². The van der Waals surface area contributed by atoms with Crippen molar-refractivity contribution in [2.24, 2.45) is 0 Å². The van der Waals surface area contributed by atoms with E-state index in [4.69, 9.17) is 4.74 Å². The van der Waals surface area contributed by atoms with E-state index < -0.39 is 0 Å². The highest BCUT2D eigenvalue weighted by molar-refractivity contribution is 5.97. The monoisotopic (exact) mass is 338 g/mol. The second-order valence-corrected chi connectivity index (χ2v) is 6.25. The topological polar surface area (TPSA) is 58.6 Å². The van der Waals surface area contributed by atoms with Gasteiger partial charge in [0.1, 0.15) is 5.75 Å². The van der Waals surface area contributed by atoms with Gasteiger partial charge in [0.25, 0.3) is 5.91 Å². The summed E-state index contributed by atoms with van der Waals surface area (Å²) in [5.41, 5.74) is 4.01. The van der Waals surface area contributed by atoms with Crippen LogP contribution in [0.5, 0.6) is 5.75 Å². The molecule has 0 saturated heterocycles.